The van der Waals surface area contributed by atoms with Crippen LogP contribution in [-0.4, -0.2) is 34.6 Å². The number of nitrogens with one attached hydrogen (secondary N) is 1. The quantitative estimate of drug-likeness (QED) is 0.519. The van der Waals surface area contributed by atoms with Crippen LogP contribution in [0, 0.1) is 6.92 Å². The minimum atomic E-state index is -0.441. The number of benzene rings is 2. The van der Waals surface area contributed by atoms with Crippen molar-refractivity contribution < 1.29 is 9.59 Å². The maximum absolute atomic E-state index is 13.3. The van der Waals surface area contributed by atoms with Gasteiger partial charge >= 0.3 is 0 Å². The Balaban J connectivity index is 1.67. The van der Waals surface area contributed by atoms with Crippen LogP contribution in [0.25, 0.3) is 0 Å². The van der Waals surface area contributed by atoms with Gasteiger partial charge in [-0.25, -0.2) is 0 Å². The molecule has 0 unspecified atom stereocenters. The lowest BCUT2D eigenvalue weighted by Crippen LogP contribution is -2.52. The van der Waals surface area contributed by atoms with E-state index in [1.54, 1.807) is 16.7 Å². The largest absolute Gasteiger partial charge is 0.352 e. The Morgan fingerprint density at radius 3 is 2.44 bits per heavy atom. The summed E-state index contributed by atoms with van der Waals surface area (Å²) in [5.74, 6) is 1.18. The molecule has 4 nitrogen and oxygen atoms in total. The summed E-state index contributed by atoms with van der Waals surface area (Å²) in [6.07, 6.45) is 6.29. The summed E-state index contributed by atoms with van der Waals surface area (Å²) in [4.78, 5) is 28.3. The highest BCUT2D eigenvalue weighted by Gasteiger charge is 2.30. The second-order valence-electron chi connectivity index (χ2n) is 8.76. The molecule has 1 aliphatic rings. The Morgan fingerprint density at radius 1 is 1.03 bits per heavy atom. The number of nitrogens with zero attached hydrogens (tertiary/aromatic N) is 1. The van der Waals surface area contributed by atoms with Gasteiger partial charge in [-0.3, -0.25) is 9.59 Å². The van der Waals surface area contributed by atoms with E-state index in [1.807, 2.05) is 37.3 Å². The Labute approximate surface area is 197 Å². The number of hydrogen-bond donors (Lipinski definition) is 1. The maximum atomic E-state index is 13.3. The molecule has 0 heterocycles. The van der Waals surface area contributed by atoms with Crippen LogP contribution in [0.1, 0.15) is 62.1 Å². The zero-order valence-corrected chi connectivity index (χ0v) is 20.2. The third-order valence-electron chi connectivity index (χ3n) is 6.11. The van der Waals surface area contributed by atoms with Gasteiger partial charge in [0.25, 0.3) is 0 Å². The van der Waals surface area contributed by atoms with E-state index in [9.17, 15) is 9.59 Å². The topological polar surface area (TPSA) is 49.4 Å². The van der Waals surface area contributed by atoms with Crippen molar-refractivity contribution in [2.75, 3.05) is 5.75 Å². The van der Waals surface area contributed by atoms with Gasteiger partial charge in [0.05, 0.1) is 5.75 Å². The van der Waals surface area contributed by atoms with Crippen LogP contribution < -0.4 is 5.32 Å². The van der Waals surface area contributed by atoms with E-state index in [1.165, 1.54) is 30.4 Å². The predicted molar refractivity (Wildman–Crippen MR) is 133 cm³/mol. The lowest BCUT2D eigenvalue weighted by molar-refractivity contribution is -0.139. The number of rotatable bonds is 10. The third-order valence-corrected chi connectivity index (χ3v) is 7.10. The number of carbonyl (C=O) groups is 2. The van der Waals surface area contributed by atoms with Gasteiger partial charge in [0.1, 0.15) is 6.04 Å². The van der Waals surface area contributed by atoms with Crippen LogP contribution >= 0.6 is 11.8 Å². The normalized spacial score (nSPS) is 15.2. The van der Waals surface area contributed by atoms with Crippen LogP contribution in [0.2, 0.25) is 0 Å². The van der Waals surface area contributed by atoms with Crippen LogP contribution in [0.15, 0.2) is 54.6 Å². The van der Waals surface area contributed by atoms with Crippen LogP contribution in [-0.2, 0) is 21.9 Å². The Bertz CT molecular complexity index is 865. The molecule has 5 heteroatoms. The molecule has 1 aliphatic carbocycles. The van der Waals surface area contributed by atoms with Crippen molar-refractivity contribution >= 4 is 23.6 Å². The first kappa shape index (κ1) is 24.4. The standard InChI is InChI=1S/C27H36N2O2S/c1-3-25(27(31)28-24-15-8-5-9-16-24)29(18-22-12-6-4-7-13-22)26(30)20-32-19-23-14-10-11-21(2)17-23/h4,6-7,10-14,17,24-25H,3,5,8-9,15-16,18-20H2,1-2H3,(H,28,31)/t25-/m1/s1. The molecule has 1 saturated carbocycles. The monoisotopic (exact) mass is 452 g/mol. The molecule has 0 aromatic heterocycles. The molecule has 2 amide bonds. The average molecular weight is 453 g/mol. The molecule has 172 valence electrons. The van der Waals surface area contributed by atoms with Gasteiger partial charge in [0.15, 0.2) is 0 Å². The molecule has 1 N–H and O–H groups in total. The van der Waals surface area contributed by atoms with Gasteiger partial charge in [-0.05, 0) is 37.3 Å². The summed E-state index contributed by atoms with van der Waals surface area (Å²) in [7, 11) is 0. The molecule has 1 fully saturated rings. The molecule has 32 heavy (non-hydrogen) atoms. The second kappa shape index (κ2) is 12.7. The summed E-state index contributed by atoms with van der Waals surface area (Å²) in [6.45, 7) is 4.54. The van der Waals surface area contributed by atoms with Crippen molar-refractivity contribution in [2.45, 2.75) is 76.8 Å². The Hall–Kier alpha value is -2.27. The third kappa shape index (κ3) is 7.40. The highest BCUT2D eigenvalue weighted by Crippen LogP contribution is 2.20. The molecule has 1 atom stereocenters. The smallest absolute Gasteiger partial charge is 0.243 e. The Kier molecular flexibility index (Phi) is 9.66. The number of carbonyl (C=O) groups excluding carboxylic acids is 2. The lowest BCUT2D eigenvalue weighted by atomic mass is 9.95. The van der Waals surface area contributed by atoms with Crippen molar-refractivity contribution in [3.63, 3.8) is 0 Å². The minimum Gasteiger partial charge on any atom is -0.352 e. The zero-order valence-electron chi connectivity index (χ0n) is 19.4. The van der Waals surface area contributed by atoms with Crippen molar-refractivity contribution in [2.24, 2.45) is 0 Å². The van der Waals surface area contributed by atoms with Gasteiger partial charge < -0.3 is 10.2 Å². The van der Waals surface area contributed by atoms with Crippen molar-refractivity contribution in [3.05, 3.63) is 71.3 Å². The first-order valence-corrected chi connectivity index (χ1v) is 13.0. The molecule has 2 aromatic carbocycles. The van der Waals surface area contributed by atoms with E-state index < -0.39 is 6.04 Å². The SMILES string of the molecule is CC[C@H](C(=O)NC1CCCCC1)N(Cc1ccccc1)C(=O)CSCc1cccc(C)c1. The van der Waals surface area contributed by atoms with Gasteiger partial charge in [-0.2, -0.15) is 0 Å². The van der Waals surface area contributed by atoms with Crippen LogP contribution in [0.4, 0.5) is 0 Å². The number of aryl methyl sites for hydroxylation is 1. The van der Waals surface area contributed by atoms with Gasteiger partial charge in [0.2, 0.25) is 11.8 Å². The highest BCUT2D eigenvalue weighted by atomic mass is 32.2. The Morgan fingerprint density at radius 2 is 1.75 bits per heavy atom. The fourth-order valence-corrected chi connectivity index (χ4v) is 5.24. The molecule has 0 aliphatic heterocycles. The highest BCUT2D eigenvalue weighted by molar-refractivity contribution is 7.99. The summed E-state index contributed by atoms with van der Waals surface area (Å²) in [5.41, 5.74) is 3.50. The van der Waals surface area contributed by atoms with E-state index in [2.05, 4.69) is 36.5 Å². The predicted octanol–water partition coefficient (Wildman–Crippen LogP) is 5.48. The molecule has 0 spiro atoms. The molecule has 3 rings (SSSR count). The fraction of sp³-hybridized carbons (Fsp3) is 0.481. The summed E-state index contributed by atoms with van der Waals surface area (Å²) in [5, 5.41) is 3.24. The molecular formula is C27H36N2O2S. The number of thioether (sulfide) groups is 1. The number of hydrogen-bond acceptors (Lipinski definition) is 3. The summed E-state index contributed by atoms with van der Waals surface area (Å²) in [6, 6.07) is 18.2. The first-order chi connectivity index (χ1) is 15.6. The molecule has 0 radical (unpaired) electrons. The first-order valence-electron chi connectivity index (χ1n) is 11.8. The van der Waals surface area contributed by atoms with Gasteiger partial charge in [-0.15, -0.1) is 11.8 Å². The fourth-order valence-electron chi connectivity index (χ4n) is 4.38. The molecular weight excluding hydrogens is 416 g/mol. The van der Waals surface area contributed by atoms with Gasteiger partial charge in [0, 0.05) is 18.3 Å². The van der Waals surface area contributed by atoms with E-state index in [0.717, 1.165) is 24.2 Å². The van der Waals surface area contributed by atoms with Crippen LogP contribution in [0.3, 0.4) is 0 Å². The van der Waals surface area contributed by atoms with Crippen molar-refractivity contribution in [3.8, 4) is 0 Å². The van der Waals surface area contributed by atoms with E-state index in [-0.39, 0.29) is 17.9 Å². The van der Waals surface area contributed by atoms with Gasteiger partial charge in [-0.1, -0.05) is 86.3 Å². The lowest BCUT2D eigenvalue weighted by Gasteiger charge is -2.32. The molecule has 0 bridgehead atoms. The van der Waals surface area contributed by atoms with Crippen molar-refractivity contribution in [1.29, 1.82) is 0 Å². The minimum absolute atomic E-state index is 0.00707. The molecule has 2 aromatic rings. The van der Waals surface area contributed by atoms with Crippen molar-refractivity contribution in [1.82, 2.24) is 10.2 Å². The number of amides is 2. The second-order valence-corrected chi connectivity index (χ2v) is 9.74. The van der Waals surface area contributed by atoms with Crippen LogP contribution in [0.5, 0.6) is 0 Å². The average Bonchev–Trinajstić information content (AvgIpc) is 2.80. The van der Waals surface area contributed by atoms with E-state index in [0.29, 0.717) is 18.7 Å². The van der Waals surface area contributed by atoms with E-state index >= 15 is 0 Å². The zero-order chi connectivity index (χ0) is 22.8. The summed E-state index contributed by atoms with van der Waals surface area (Å²) >= 11 is 1.61. The molecule has 0 saturated heterocycles. The van der Waals surface area contributed by atoms with E-state index in [4.69, 9.17) is 0 Å². The summed E-state index contributed by atoms with van der Waals surface area (Å²) < 4.78 is 0. The maximum Gasteiger partial charge on any atom is 0.243 e.